The van der Waals surface area contributed by atoms with E-state index in [1.165, 1.54) is 19.3 Å². The average Bonchev–Trinajstić information content (AvgIpc) is 3.17. The molecule has 3 aromatic heterocycles. The van der Waals surface area contributed by atoms with Crippen molar-refractivity contribution < 1.29 is 4.42 Å². The van der Waals surface area contributed by atoms with Crippen molar-refractivity contribution in [2.45, 2.75) is 19.3 Å². The van der Waals surface area contributed by atoms with Crippen LogP contribution in [0.25, 0.3) is 22.8 Å². The topological polar surface area (TPSA) is 67.9 Å². The van der Waals surface area contributed by atoms with Gasteiger partial charge in [-0.15, -0.1) is 10.2 Å². The van der Waals surface area contributed by atoms with E-state index in [9.17, 15) is 0 Å². The zero-order valence-electron chi connectivity index (χ0n) is 12.7. The zero-order valence-corrected chi connectivity index (χ0v) is 12.7. The Balaban J connectivity index is 1.81. The molecule has 0 aromatic carbocycles. The van der Waals surface area contributed by atoms with Crippen LogP contribution < -0.4 is 4.90 Å². The van der Waals surface area contributed by atoms with Crippen LogP contribution in [-0.4, -0.2) is 33.3 Å². The van der Waals surface area contributed by atoms with Crippen molar-refractivity contribution in [3.8, 4) is 22.8 Å². The summed E-state index contributed by atoms with van der Waals surface area (Å²) in [6.45, 7) is 1.99. The second kappa shape index (κ2) is 6.16. The molecule has 0 unspecified atom stereocenters. The molecule has 0 radical (unpaired) electrons. The number of hydrogen-bond acceptors (Lipinski definition) is 6. The minimum Gasteiger partial charge on any atom is -0.461 e. The van der Waals surface area contributed by atoms with Gasteiger partial charge in [-0.3, -0.25) is 4.98 Å². The lowest BCUT2D eigenvalue weighted by Crippen LogP contribution is -2.31. The van der Waals surface area contributed by atoms with Crippen molar-refractivity contribution >= 4 is 5.82 Å². The minimum atomic E-state index is 0.522. The predicted molar refractivity (Wildman–Crippen MR) is 86.8 cm³/mol. The number of furan rings is 1. The average molecular weight is 307 g/mol. The molecule has 1 saturated heterocycles. The summed E-state index contributed by atoms with van der Waals surface area (Å²) >= 11 is 0. The largest absolute Gasteiger partial charge is 0.461 e. The number of rotatable bonds is 3. The van der Waals surface area contributed by atoms with Gasteiger partial charge >= 0.3 is 0 Å². The maximum atomic E-state index is 5.41. The van der Waals surface area contributed by atoms with Gasteiger partial charge in [-0.1, -0.05) is 0 Å². The van der Waals surface area contributed by atoms with Crippen molar-refractivity contribution in [3.63, 3.8) is 0 Å². The van der Waals surface area contributed by atoms with Crippen LogP contribution in [0.2, 0.25) is 0 Å². The van der Waals surface area contributed by atoms with E-state index < -0.39 is 0 Å². The highest BCUT2D eigenvalue weighted by Gasteiger charge is 2.20. The molecule has 3 aromatic rings. The molecule has 4 rings (SSSR count). The molecule has 0 bridgehead atoms. The van der Waals surface area contributed by atoms with Crippen LogP contribution >= 0.6 is 0 Å². The Morgan fingerprint density at radius 1 is 0.957 bits per heavy atom. The maximum absolute atomic E-state index is 5.41. The summed E-state index contributed by atoms with van der Waals surface area (Å²) in [5, 5.41) is 8.69. The normalized spacial score (nSPS) is 14.9. The van der Waals surface area contributed by atoms with Gasteiger partial charge in [-0.25, -0.2) is 4.98 Å². The van der Waals surface area contributed by atoms with Crippen LogP contribution in [0.3, 0.4) is 0 Å². The maximum Gasteiger partial charge on any atom is 0.219 e. The number of nitrogens with zero attached hydrogens (tertiary/aromatic N) is 5. The minimum absolute atomic E-state index is 0.522. The van der Waals surface area contributed by atoms with E-state index in [2.05, 4.69) is 20.1 Å². The number of hydrogen-bond donors (Lipinski definition) is 0. The van der Waals surface area contributed by atoms with Gasteiger partial charge in [0, 0.05) is 31.0 Å². The summed E-state index contributed by atoms with van der Waals surface area (Å²) in [4.78, 5) is 11.1. The first-order valence-corrected chi connectivity index (χ1v) is 7.86. The van der Waals surface area contributed by atoms with Gasteiger partial charge in [-0.05, 0) is 43.5 Å². The van der Waals surface area contributed by atoms with Crippen molar-refractivity contribution in [1.29, 1.82) is 0 Å². The van der Waals surface area contributed by atoms with E-state index in [1.54, 1.807) is 18.7 Å². The third-order valence-corrected chi connectivity index (χ3v) is 4.02. The second-order valence-corrected chi connectivity index (χ2v) is 5.57. The lowest BCUT2D eigenvalue weighted by Gasteiger charge is -2.28. The fourth-order valence-electron chi connectivity index (χ4n) is 2.85. The summed E-state index contributed by atoms with van der Waals surface area (Å²) in [6, 6.07) is 7.55. The predicted octanol–water partition coefficient (Wildman–Crippen LogP) is 3.18. The van der Waals surface area contributed by atoms with Crippen LogP contribution in [-0.2, 0) is 0 Å². The molecular formula is C17H17N5O. The first kappa shape index (κ1) is 13.9. The standard InChI is InChI=1S/C17H17N5O/c1-2-10-22(11-3-1)17-15(13-6-8-18-9-7-13)20-21-16(19-17)14-5-4-12-23-14/h4-9,12H,1-3,10-11H2. The van der Waals surface area contributed by atoms with Gasteiger partial charge in [0.1, 0.15) is 5.69 Å². The molecule has 1 aliphatic rings. The van der Waals surface area contributed by atoms with Crippen LogP contribution in [0.1, 0.15) is 19.3 Å². The van der Waals surface area contributed by atoms with E-state index >= 15 is 0 Å². The SMILES string of the molecule is c1coc(-c2nnc(-c3ccncc3)c(N3CCCCC3)n2)c1. The Hall–Kier alpha value is -2.76. The Labute approximate surface area is 134 Å². The van der Waals surface area contributed by atoms with Gasteiger partial charge in [0.2, 0.25) is 5.82 Å². The van der Waals surface area contributed by atoms with Crippen molar-refractivity contribution in [2.24, 2.45) is 0 Å². The lowest BCUT2D eigenvalue weighted by molar-refractivity contribution is 0.566. The Morgan fingerprint density at radius 2 is 1.78 bits per heavy atom. The van der Waals surface area contributed by atoms with E-state index in [-0.39, 0.29) is 0 Å². The van der Waals surface area contributed by atoms with Crippen LogP contribution in [0, 0.1) is 0 Å². The zero-order chi connectivity index (χ0) is 15.5. The Bertz CT molecular complexity index is 767. The van der Waals surface area contributed by atoms with Gasteiger partial charge in [0.25, 0.3) is 0 Å². The van der Waals surface area contributed by atoms with Crippen molar-refractivity contribution in [2.75, 3.05) is 18.0 Å². The van der Waals surface area contributed by atoms with Crippen LogP contribution in [0.4, 0.5) is 5.82 Å². The second-order valence-electron chi connectivity index (χ2n) is 5.57. The number of aromatic nitrogens is 4. The van der Waals surface area contributed by atoms with E-state index in [0.717, 1.165) is 30.2 Å². The van der Waals surface area contributed by atoms with Crippen LogP contribution in [0.5, 0.6) is 0 Å². The fourth-order valence-corrected chi connectivity index (χ4v) is 2.85. The lowest BCUT2D eigenvalue weighted by atomic mass is 10.1. The fraction of sp³-hybridized carbons (Fsp3) is 0.294. The van der Waals surface area contributed by atoms with Crippen LogP contribution in [0.15, 0.2) is 47.3 Å². The summed E-state index contributed by atoms with van der Waals surface area (Å²) in [5.74, 6) is 2.03. The first-order valence-electron chi connectivity index (χ1n) is 7.86. The molecule has 0 amide bonds. The quantitative estimate of drug-likeness (QED) is 0.740. The summed E-state index contributed by atoms with van der Waals surface area (Å²) in [5.41, 5.74) is 1.77. The Morgan fingerprint density at radius 3 is 2.52 bits per heavy atom. The molecule has 0 N–H and O–H groups in total. The highest BCUT2D eigenvalue weighted by molar-refractivity contribution is 5.72. The van der Waals surface area contributed by atoms with Gasteiger partial charge in [0.15, 0.2) is 11.6 Å². The third kappa shape index (κ3) is 2.79. The van der Waals surface area contributed by atoms with E-state index in [0.29, 0.717) is 11.6 Å². The molecule has 0 spiro atoms. The first-order chi connectivity index (χ1) is 11.4. The van der Waals surface area contributed by atoms with Gasteiger partial charge in [-0.2, -0.15) is 0 Å². The highest BCUT2D eigenvalue weighted by Crippen LogP contribution is 2.30. The molecule has 1 aliphatic heterocycles. The molecule has 116 valence electrons. The summed E-state index contributed by atoms with van der Waals surface area (Å²) in [7, 11) is 0. The van der Waals surface area contributed by atoms with E-state index in [4.69, 9.17) is 9.40 Å². The van der Waals surface area contributed by atoms with Crippen molar-refractivity contribution in [1.82, 2.24) is 20.2 Å². The third-order valence-electron chi connectivity index (χ3n) is 4.02. The van der Waals surface area contributed by atoms with Gasteiger partial charge < -0.3 is 9.32 Å². The molecule has 0 saturated carbocycles. The molecule has 1 fully saturated rings. The monoisotopic (exact) mass is 307 g/mol. The molecule has 23 heavy (non-hydrogen) atoms. The number of piperidine rings is 1. The van der Waals surface area contributed by atoms with Crippen molar-refractivity contribution in [3.05, 3.63) is 42.9 Å². The molecule has 6 nitrogen and oxygen atoms in total. The summed E-state index contributed by atoms with van der Waals surface area (Å²) < 4.78 is 5.41. The molecule has 4 heterocycles. The Kier molecular flexibility index (Phi) is 3.71. The smallest absolute Gasteiger partial charge is 0.219 e. The molecule has 0 atom stereocenters. The molecule has 0 aliphatic carbocycles. The molecular weight excluding hydrogens is 290 g/mol. The summed E-state index contributed by atoms with van der Waals surface area (Å²) in [6.07, 6.45) is 8.77. The van der Waals surface area contributed by atoms with Gasteiger partial charge in [0.05, 0.1) is 6.26 Å². The van der Waals surface area contributed by atoms with E-state index in [1.807, 2.05) is 24.3 Å². The number of anilines is 1. The molecule has 6 heteroatoms. The highest BCUT2D eigenvalue weighted by atomic mass is 16.3. The number of pyridine rings is 1.